The predicted octanol–water partition coefficient (Wildman–Crippen LogP) is 5.95. The number of nitrogens with zero attached hydrogens (tertiary/aromatic N) is 3. The van der Waals surface area contributed by atoms with Gasteiger partial charge in [0.1, 0.15) is 17.1 Å². The van der Waals surface area contributed by atoms with Gasteiger partial charge in [0.2, 0.25) is 5.43 Å². The Balaban J connectivity index is 1.75. The molecule has 4 aromatic rings. The second-order valence-electron chi connectivity index (χ2n) is 9.06. The molecule has 7 nitrogen and oxygen atoms in total. The first-order valence-electron chi connectivity index (χ1n) is 12.0. The van der Waals surface area contributed by atoms with Crippen LogP contribution in [0.4, 0.5) is 14.5 Å². The van der Waals surface area contributed by atoms with E-state index in [1.807, 2.05) is 38.1 Å². The van der Waals surface area contributed by atoms with Gasteiger partial charge < -0.3 is 14.4 Å². The van der Waals surface area contributed by atoms with Crippen molar-refractivity contribution in [1.82, 2.24) is 9.55 Å². The van der Waals surface area contributed by atoms with Gasteiger partial charge in [-0.25, -0.2) is 18.6 Å². The molecule has 2 aromatic heterocycles. The van der Waals surface area contributed by atoms with Gasteiger partial charge in [0.05, 0.1) is 35.4 Å². The minimum atomic E-state index is -0.908. The number of rotatable bonds is 5. The fourth-order valence-electron chi connectivity index (χ4n) is 4.69. The highest BCUT2D eigenvalue weighted by Crippen LogP contribution is 2.34. The average Bonchev–Trinajstić information content (AvgIpc) is 3.35. The first kappa shape index (κ1) is 26.5. The lowest BCUT2D eigenvalue weighted by atomic mass is 10.1. The minimum Gasteiger partial charge on any atom is -0.462 e. The van der Waals surface area contributed by atoms with E-state index in [-0.39, 0.29) is 54.1 Å². The zero-order chi connectivity index (χ0) is 27.1. The third-order valence-corrected chi connectivity index (χ3v) is 7.59. The van der Waals surface area contributed by atoms with Crippen LogP contribution >= 0.6 is 27.3 Å². The fraction of sp³-hybridized carbons (Fsp3) is 0.296. The largest absolute Gasteiger partial charge is 0.462 e. The van der Waals surface area contributed by atoms with Crippen molar-refractivity contribution < 1.29 is 23.0 Å². The maximum atomic E-state index is 16.3. The molecule has 11 heteroatoms. The standard InChI is InChI=1S/C27H24BrF2N3O4S/c1-4-36-26(35)19-12-33(27-31-21(13-38-27)16-5-7-17(28)8-6-16)23-18(25(19)34)9-20(29)24(22(23)30)32-10-14(2)37-15(3)11-32/h5-9,12-15H,4,10-11H2,1-3H3/t14-,15+. The van der Waals surface area contributed by atoms with Crippen molar-refractivity contribution in [3.8, 4) is 16.4 Å². The number of fused-ring (bicyclic) bond motifs is 1. The fourth-order valence-corrected chi connectivity index (χ4v) is 5.77. The number of carbonyl (C=O) groups is 1. The van der Waals surface area contributed by atoms with Crippen molar-refractivity contribution in [2.24, 2.45) is 0 Å². The molecule has 0 N–H and O–H groups in total. The maximum Gasteiger partial charge on any atom is 0.343 e. The van der Waals surface area contributed by atoms with E-state index in [1.165, 1.54) is 22.1 Å². The second kappa shape index (κ2) is 10.5. The van der Waals surface area contributed by atoms with Gasteiger partial charge in [-0.3, -0.25) is 9.36 Å². The highest BCUT2D eigenvalue weighted by Gasteiger charge is 2.30. The van der Waals surface area contributed by atoms with Crippen molar-refractivity contribution in [1.29, 1.82) is 0 Å². The number of aromatic nitrogens is 2. The number of hydrogen-bond acceptors (Lipinski definition) is 7. The zero-order valence-electron chi connectivity index (χ0n) is 20.8. The Bertz CT molecular complexity index is 1580. The summed E-state index contributed by atoms with van der Waals surface area (Å²) in [7, 11) is 0. The van der Waals surface area contributed by atoms with E-state index in [4.69, 9.17) is 9.47 Å². The average molecular weight is 604 g/mol. The van der Waals surface area contributed by atoms with Gasteiger partial charge in [0.25, 0.3) is 0 Å². The number of anilines is 1. The van der Waals surface area contributed by atoms with Gasteiger partial charge in [-0.05, 0) is 39.0 Å². The smallest absolute Gasteiger partial charge is 0.343 e. The molecule has 198 valence electrons. The Morgan fingerprint density at radius 1 is 1.21 bits per heavy atom. The number of esters is 1. The molecule has 0 bridgehead atoms. The SMILES string of the molecule is CCOC(=O)c1cn(-c2nc(-c3ccc(Br)cc3)cs2)c2c(F)c(N3C[C@@H](C)O[C@@H](C)C3)c(F)cc2c1=O. The van der Waals surface area contributed by atoms with Gasteiger partial charge >= 0.3 is 5.97 Å². The second-order valence-corrected chi connectivity index (χ2v) is 10.8. The molecule has 3 heterocycles. The first-order chi connectivity index (χ1) is 18.2. The van der Waals surface area contributed by atoms with Gasteiger partial charge in [-0.1, -0.05) is 28.1 Å². The highest BCUT2D eigenvalue weighted by atomic mass is 79.9. The Kier molecular flexibility index (Phi) is 7.34. The minimum absolute atomic E-state index is 0.0380. The van der Waals surface area contributed by atoms with Crippen LogP contribution in [0.1, 0.15) is 31.1 Å². The van der Waals surface area contributed by atoms with Crippen molar-refractivity contribution in [2.75, 3.05) is 24.6 Å². The molecule has 0 radical (unpaired) electrons. The number of morpholine rings is 1. The molecule has 2 aromatic carbocycles. The van der Waals surface area contributed by atoms with Crippen LogP contribution in [0.15, 0.2) is 51.2 Å². The number of ether oxygens (including phenoxy) is 2. The summed E-state index contributed by atoms with van der Waals surface area (Å²) in [6.07, 6.45) is 0.741. The number of carbonyl (C=O) groups excluding carboxylic acids is 1. The van der Waals surface area contributed by atoms with E-state index in [2.05, 4.69) is 20.9 Å². The predicted molar refractivity (Wildman–Crippen MR) is 146 cm³/mol. The van der Waals surface area contributed by atoms with Gasteiger partial charge in [0, 0.05) is 34.7 Å². The Morgan fingerprint density at radius 2 is 1.89 bits per heavy atom. The van der Waals surface area contributed by atoms with Crippen LogP contribution < -0.4 is 10.3 Å². The summed E-state index contributed by atoms with van der Waals surface area (Å²) in [5.74, 6) is -2.68. The molecule has 2 atom stereocenters. The number of hydrogen-bond donors (Lipinski definition) is 0. The molecule has 0 unspecified atom stereocenters. The van der Waals surface area contributed by atoms with Crippen molar-refractivity contribution >= 4 is 49.8 Å². The van der Waals surface area contributed by atoms with E-state index >= 15 is 8.78 Å². The number of thiazole rings is 1. The topological polar surface area (TPSA) is 73.7 Å². The maximum absolute atomic E-state index is 16.3. The summed E-state index contributed by atoms with van der Waals surface area (Å²) in [6.45, 7) is 5.87. The molecule has 1 saturated heterocycles. The van der Waals surface area contributed by atoms with Crippen LogP contribution in [-0.4, -0.2) is 47.4 Å². The number of halogens is 3. The summed E-state index contributed by atoms with van der Waals surface area (Å²) in [5, 5.41) is 1.82. The summed E-state index contributed by atoms with van der Waals surface area (Å²) in [4.78, 5) is 32.2. The molecular weight excluding hydrogens is 580 g/mol. The lowest BCUT2D eigenvalue weighted by Gasteiger charge is -2.37. The van der Waals surface area contributed by atoms with Crippen LogP contribution in [0.3, 0.4) is 0 Å². The number of benzene rings is 2. The van der Waals surface area contributed by atoms with Crippen LogP contribution in [-0.2, 0) is 9.47 Å². The van der Waals surface area contributed by atoms with Gasteiger partial charge in [-0.2, -0.15) is 0 Å². The summed E-state index contributed by atoms with van der Waals surface area (Å²) < 4.78 is 44.8. The summed E-state index contributed by atoms with van der Waals surface area (Å²) in [6, 6.07) is 8.50. The van der Waals surface area contributed by atoms with Crippen LogP contribution in [0.5, 0.6) is 0 Å². The van der Waals surface area contributed by atoms with E-state index in [9.17, 15) is 9.59 Å². The Hall–Kier alpha value is -3.15. The van der Waals surface area contributed by atoms with Crippen molar-refractivity contribution in [3.63, 3.8) is 0 Å². The third kappa shape index (κ3) is 4.85. The van der Waals surface area contributed by atoms with Crippen LogP contribution in [0, 0.1) is 11.6 Å². The molecular formula is C27H24BrF2N3O4S. The lowest BCUT2D eigenvalue weighted by molar-refractivity contribution is -0.00557. The zero-order valence-corrected chi connectivity index (χ0v) is 23.2. The molecule has 0 amide bonds. The molecule has 0 saturated carbocycles. The molecule has 38 heavy (non-hydrogen) atoms. The normalized spacial score (nSPS) is 17.7. The van der Waals surface area contributed by atoms with E-state index in [0.717, 1.165) is 16.1 Å². The quantitative estimate of drug-likeness (QED) is 0.263. The monoisotopic (exact) mass is 603 g/mol. The van der Waals surface area contributed by atoms with Crippen molar-refractivity contribution in [2.45, 2.75) is 33.0 Å². The van der Waals surface area contributed by atoms with Crippen LogP contribution in [0.2, 0.25) is 0 Å². The summed E-state index contributed by atoms with van der Waals surface area (Å²) >= 11 is 4.61. The Morgan fingerprint density at radius 3 is 2.55 bits per heavy atom. The van der Waals surface area contributed by atoms with Gasteiger partial charge in [-0.15, -0.1) is 11.3 Å². The summed E-state index contributed by atoms with van der Waals surface area (Å²) in [5.41, 5.74) is -0.104. The molecule has 0 spiro atoms. The molecule has 1 aliphatic heterocycles. The molecule has 1 aliphatic rings. The third-order valence-electron chi connectivity index (χ3n) is 6.23. The first-order valence-corrected chi connectivity index (χ1v) is 13.7. The molecule has 5 rings (SSSR count). The molecule has 0 aliphatic carbocycles. The Labute approximate surface area is 229 Å². The van der Waals surface area contributed by atoms with E-state index in [0.29, 0.717) is 10.8 Å². The lowest BCUT2D eigenvalue weighted by Crippen LogP contribution is -2.46. The van der Waals surface area contributed by atoms with Crippen LogP contribution in [0.25, 0.3) is 27.3 Å². The molecule has 1 fully saturated rings. The highest BCUT2D eigenvalue weighted by molar-refractivity contribution is 9.10. The van der Waals surface area contributed by atoms with Crippen molar-refractivity contribution in [3.05, 3.63) is 73.8 Å². The van der Waals surface area contributed by atoms with E-state index < -0.39 is 23.0 Å². The van der Waals surface area contributed by atoms with Gasteiger partial charge in [0.15, 0.2) is 10.9 Å². The number of pyridine rings is 1. The van der Waals surface area contributed by atoms with E-state index in [1.54, 1.807) is 17.2 Å².